The maximum Gasteiger partial charge on any atom is 0.421 e. The van der Waals surface area contributed by atoms with E-state index in [-0.39, 0.29) is 37.1 Å². The molecule has 2 heterocycles. The largest absolute Gasteiger partial charge is 0.421 e. The monoisotopic (exact) mass is 394 g/mol. The summed E-state index contributed by atoms with van der Waals surface area (Å²) < 4.78 is 39.6. The van der Waals surface area contributed by atoms with Crippen molar-refractivity contribution in [1.82, 2.24) is 15.3 Å². The van der Waals surface area contributed by atoms with Crippen LogP contribution in [0.4, 0.5) is 36.3 Å². The number of carbonyl (C=O) groups excluding carboxylic acids is 2. The molecule has 1 aliphatic rings. The molecule has 0 unspecified atom stereocenters. The van der Waals surface area contributed by atoms with E-state index in [4.69, 9.17) is 0 Å². The van der Waals surface area contributed by atoms with Crippen LogP contribution in [0.15, 0.2) is 24.4 Å². The van der Waals surface area contributed by atoms with Crippen LogP contribution >= 0.6 is 0 Å². The van der Waals surface area contributed by atoms with E-state index in [1.54, 1.807) is 18.2 Å². The molecule has 8 nitrogen and oxygen atoms in total. The molecule has 1 aromatic carbocycles. The zero-order valence-electron chi connectivity index (χ0n) is 14.8. The predicted molar refractivity (Wildman–Crippen MR) is 96.3 cm³/mol. The Morgan fingerprint density at radius 1 is 1.32 bits per heavy atom. The van der Waals surface area contributed by atoms with E-state index < -0.39 is 17.6 Å². The molecule has 2 aromatic rings. The van der Waals surface area contributed by atoms with Crippen molar-refractivity contribution in [3.8, 4) is 0 Å². The first-order chi connectivity index (χ1) is 13.3. The van der Waals surface area contributed by atoms with Crippen molar-refractivity contribution in [2.45, 2.75) is 19.0 Å². The third kappa shape index (κ3) is 4.48. The highest BCUT2D eigenvalue weighted by Gasteiger charge is 2.35. The van der Waals surface area contributed by atoms with E-state index in [1.165, 1.54) is 7.05 Å². The third-order valence-electron chi connectivity index (χ3n) is 4.00. The van der Waals surface area contributed by atoms with Gasteiger partial charge in [0.25, 0.3) is 0 Å². The van der Waals surface area contributed by atoms with Crippen LogP contribution in [-0.2, 0) is 22.2 Å². The molecule has 0 spiro atoms. The standard InChI is InChI=1S/C17H17F3N6O2/c1-21-13(27)4-5-22-15-11(17(18,19)20)8-23-16(26-15)24-10-2-3-12-9(6-10)7-14(28)25-12/h2-3,6,8H,4-5,7H2,1H3,(H,21,27)(H,25,28)(H2,22,23,24,26). The average molecular weight is 394 g/mol. The van der Waals surface area contributed by atoms with Crippen molar-refractivity contribution >= 4 is 35.0 Å². The summed E-state index contributed by atoms with van der Waals surface area (Å²) in [5, 5.41) is 10.4. The van der Waals surface area contributed by atoms with E-state index >= 15 is 0 Å². The number of anilines is 4. The Morgan fingerprint density at radius 2 is 2.11 bits per heavy atom. The van der Waals surface area contributed by atoms with Crippen LogP contribution in [0.5, 0.6) is 0 Å². The highest BCUT2D eigenvalue weighted by Crippen LogP contribution is 2.34. The van der Waals surface area contributed by atoms with Crippen molar-refractivity contribution in [3.05, 3.63) is 35.5 Å². The van der Waals surface area contributed by atoms with Gasteiger partial charge in [0.2, 0.25) is 17.8 Å². The molecule has 0 fully saturated rings. The van der Waals surface area contributed by atoms with Crippen molar-refractivity contribution in [1.29, 1.82) is 0 Å². The number of nitrogens with one attached hydrogen (secondary N) is 4. The van der Waals surface area contributed by atoms with E-state index in [0.717, 1.165) is 5.56 Å². The molecule has 0 radical (unpaired) electrons. The second-order valence-corrected chi connectivity index (χ2v) is 6.03. The first kappa shape index (κ1) is 19.4. The second-order valence-electron chi connectivity index (χ2n) is 6.03. The van der Waals surface area contributed by atoms with Crippen molar-refractivity contribution in [2.24, 2.45) is 0 Å². The van der Waals surface area contributed by atoms with Crippen molar-refractivity contribution < 1.29 is 22.8 Å². The number of carbonyl (C=O) groups is 2. The van der Waals surface area contributed by atoms with Crippen LogP contribution in [0.3, 0.4) is 0 Å². The summed E-state index contributed by atoms with van der Waals surface area (Å²) in [6, 6.07) is 5.05. The highest BCUT2D eigenvalue weighted by atomic mass is 19.4. The van der Waals surface area contributed by atoms with E-state index in [2.05, 4.69) is 31.2 Å². The minimum Gasteiger partial charge on any atom is -0.369 e. The van der Waals surface area contributed by atoms with Crippen LogP contribution in [-0.4, -0.2) is 35.4 Å². The zero-order chi connectivity index (χ0) is 20.3. The van der Waals surface area contributed by atoms with Gasteiger partial charge in [-0.2, -0.15) is 18.2 Å². The number of hydrogen-bond acceptors (Lipinski definition) is 6. The average Bonchev–Trinajstić information content (AvgIpc) is 3.00. The van der Waals surface area contributed by atoms with Gasteiger partial charge in [-0.05, 0) is 23.8 Å². The predicted octanol–water partition coefficient (Wildman–Crippen LogP) is 2.28. The van der Waals surface area contributed by atoms with Gasteiger partial charge in [-0.25, -0.2) is 4.98 Å². The number of benzene rings is 1. The van der Waals surface area contributed by atoms with Gasteiger partial charge in [-0.15, -0.1) is 0 Å². The Labute approximate surface area is 157 Å². The molecule has 28 heavy (non-hydrogen) atoms. The van der Waals surface area contributed by atoms with E-state index in [0.29, 0.717) is 17.6 Å². The molecule has 2 amide bonds. The van der Waals surface area contributed by atoms with Crippen LogP contribution in [0, 0.1) is 0 Å². The number of alkyl halides is 3. The van der Waals surface area contributed by atoms with Crippen LogP contribution in [0.2, 0.25) is 0 Å². The number of nitrogens with zero attached hydrogens (tertiary/aromatic N) is 2. The Hall–Kier alpha value is -3.37. The number of fused-ring (bicyclic) bond motifs is 1. The second kappa shape index (κ2) is 7.71. The molecule has 0 saturated heterocycles. The van der Waals surface area contributed by atoms with Crippen molar-refractivity contribution in [3.63, 3.8) is 0 Å². The number of hydrogen-bond donors (Lipinski definition) is 4. The van der Waals surface area contributed by atoms with Crippen LogP contribution < -0.4 is 21.3 Å². The lowest BCUT2D eigenvalue weighted by molar-refractivity contribution is -0.137. The van der Waals surface area contributed by atoms with Gasteiger partial charge >= 0.3 is 6.18 Å². The maximum atomic E-state index is 13.2. The Morgan fingerprint density at radius 3 is 2.82 bits per heavy atom. The summed E-state index contributed by atoms with van der Waals surface area (Å²) in [5.74, 6) is -0.908. The van der Waals surface area contributed by atoms with Gasteiger partial charge in [0.1, 0.15) is 11.4 Å². The zero-order valence-corrected chi connectivity index (χ0v) is 14.8. The highest BCUT2D eigenvalue weighted by molar-refractivity contribution is 5.99. The number of amides is 2. The first-order valence-corrected chi connectivity index (χ1v) is 8.35. The quantitative estimate of drug-likeness (QED) is 0.599. The van der Waals surface area contributed by atoms with Gasteiger partial charge < -0.3 is 21.3 Å². The third-order valence-corrected chi connectivity index (χ3v) is 4.00. The molecule has 148 valence electrons. The lowest BCUT2D eigenvalue weighted by atomic mass is 10.1. The van der Waals surface area contributed by atoms with E-state index in [9.17, 15) is 22.8 Å². The Balaban J connectivity index is 1.80. The number of halogens is 3. The molecule has 11 heteroatoms. The molecule has 3 rings (SSSR count). The molecule has 1 aromatic heterocycles. The summed E-state index contributed by atoms with van der Waals surface area (Å²) in [7, 11) is 1.44. The molecule has 0 atom stereocenters. The molecule has 0 aliphatic carbocycles. The molecule has 1 aliphatic heterocycles. The summed E-state index contributed by atoms with van der Waals surface area (Å²) in [6.07, 6.45) is -3.75. The molecule has 0 bridgehead atoms. The van der Waals surface area contributed by atoms with Crippen LogP contribution in [0.25, 0.3) is 0 Å². The van der Waals surface area contributed by atoms with Crippen molar-refractivity contribution in [2.75, 3.05) is 29.5 Å². The lowest BCUT2D eigenvalue weighted by Crippen LogP contribution is -2.22. The lowest BCUT2D eigenvalue weighted by Gasteiger charge is -2.15. The smallest absolute Gasteiger partial charge is 0.369 e. The minimum absolute atomic E-state index is 0.00753. The van der Waals surface area contributed by atoms with Crippen LogP contribution in [0.1, 0.15) is 17.5 Å². The SMILES string of the molecule is CNC(=O)CCNc1nc(Nc2ccc3c(c2)CC(=O)N3)ncc1C(F)(F)F. The fraction of sp³-hybridized carbons (Fsp3) is 0.294. The molecule has 0 saturated carbocycles. The van der Waals surface area contributed by atoms with Gasteiger partial charge in [0.15, 0.2) is 0 Å². The fourth-order valence-electron chi connectivity index (χ4n) is 2.64. The molecular formula is C17H17F3N6O2. The molecular weight excluding hydrogens is 377 g/mol. The normalized spacial score (nSPS) is 12.9. The number of rotatable bonds is 6. The topological polar surface area (TPSA) is 108 Å². The minimum atomic E-state index is -4.65. The summed E-state index contributed by atoms with van der Waals surface area (Å²) >= 11 is 0. The molecule has 4 N–H and O–H groups in total. The van der Waals surface area contributed by atoms with Gasteiger partial charge in [-0.1, -0.05) is 0 Å². The summed E-state index contributed by atoms with van der Waals surface area (Å²) in [6.45, 7) is -0.0220. The fourth-order valence-corrected chi connectivity index (χ4v) is 2.64. The summed E-state index contributed by atoms with van der Waals surface area (Å²) in [5.41, 5.74) is 0.969. The Bertz CT molecular complexity index is 916. The number of aromatic nitrogens is 2. The van der Waals surface area contributed by atoms with Gasteiger partial charge in [0.05, 0.1) is 6.42 Å². The van der Waals surface area contributed by atoms with E-state index in [1.807, 2.05) is 0 Å². The van der Waals surface area contributed by atoms with Gasteiger partial charge in [0, 0.05) is 37.6 Å². The maximum absolute atomic E-state index is 13.2. The summed E-state index contributed by atoms with van der Waals surface area (Å²) in [4.78, 5) is 30.3. The Kier molecular flexibility index (Phi) is 5.34. The first-order valence-electron chi connectivity index (χ1n) is 8.35. The van der Waals surface area contributed by atoms with Gasteiger partial charge in [-0.3, -0.25) is 9.59 Å².